The van der Waals surface area contributed by atoms with E-state index in [0.29, 0.717) is 17.7 Å². The summed E-state index contributed by atoms with van der Waals surface area (Å²) in [7, 11) is -0.556. The van der Waals surface area contributed by atoms with Gasteiger partial charge in [0.15, 0.2) is 0 Å². The second-order valence-corrected chi connectivity index (χ2v) is 6.54. The summed E-state index contributed by atoms with van der Waals surface area (Å²) in [5.74, 6) is -0.120. The van der Waals surface area contributed by atoms with Gasteiger partial charge in [0.25, 0.3) is 5.91 Å². The zero-order chi connectivity index (χ0) is 14.7. The lowest BCUT2D eigenvalue weighted by Gasteiger charge is -2.32. The lowest BCUT2D eigenvalue weighted by molar-refractivity contribution is 0.00578. The Labute approximate surface area is 119 Å². The zero-order valence-electron chi connectivity index (χ0n) is 12.6. The molecule has 1 unspecified atom stereocenters. The van der Waals surface area contributed by atoms with Crippen molar-refractivity contribution in [2.24, 2.45) is 0 Å². The molecule has 2 aliphatic heterocycles. The Hall–Kier alpha value is -1.34. The van der Waals surface area contributed by atoms with Gasteiger partial charge in [-0.25, -0.2) is 0 Å². The van der Waals surface area contributed by atoms with Gasteiger partial charge in [-0.1, -0.05) is 0 Å². The third kappa shape index (κ3) is 1.80. The van der Waals surface area contributed by atoms with E-state index in [1.54, 1.807) is 10.9 Å². The summed E-state index contributed by atoms with van der Waals surface area (Å²) in [5.41, 5.74) is 0.391. The largest absolute Gasteiger partial charge is 0.498 e. The molecule has 0 saturated carbocycles. The Morgan fingerprint density at radius 1 is 1.35 bits per heavy atom. The van der Waals surface area contributed by atoms with E-state index >= 15 is 0 Å². The van der Waals surface area contributed by atoms with E-state index in [9.17, 15) is 4.79 Å². The average Bonchev–Trinajstić information content (AvgIpc) is 2.85. The third-order valence-electron chi connectivity index (χ3n) is 4.52. The summed E-state index contributed by atoms with van der Waals surface area (Å²) >= 11 is 0. The van der Waals surface area contributed by atoms with Crippen LogP contribution < -0.4 is 10.8 Å². The molecular formula is C13H20BN3O3. The van der Waals surface area contributed by atoms with Crippen molar-refractivity contribution >= 4 is 18.5 Å². The number of fused-ring (bicyclic) bond motifs is 1. The Morgan fingerprint density at radius 3 is 2.55 bits per heavy atom. The first-order valence-electron chi connectivity index (χ1n) is 6.94. The van der Waals surface area contributed by atoms with Crippen molar-refractivity contribution in [3.8, 4) is 0 Å². The first kappa shape index (κ1) is 13.6. The number of nitrogens with one attached hydrogen (secondary N) is 1. The van der Waals surface area contributed by atoms with Crippen molar-refractivity contribution in [2.45, 2.75) is 51.9 Å². The normalized spacial score (nSPS) is 27.4. The number of hydrogen-bond donors (Lipinski definition) is 1. The Bertz CT molecular complexity index is 551. The van der Waals surface area contributed by atoms with Crippen LogP contribution in [0.4, 0.5) is 0 Å². The predicted molar refractivity (Wildman–Crippen MR) is 75.0 cm³/mol. The van der Waals surface area contributed by atoms with Crippen molar-refractivity contribution in [3.05, 3.63) is 11.9 Å². The average molecular weight is 277 g/mol. The highest BCUT2D eigenvalue weighted by atomic mass is 16.7. The fraction of sp³-hybridized carbons (Fsp3) is 0.692. The van der Waals surface area contributed by atoms with Gasteiger partial charge in [0, 0.05) is 18.2 Å². The van der Waals surface area contributed by atoms with Crippen molar-refractivity contribution < 1.29 is 14.1 Å². The zero-order valence-corrected chi connectivity index (χ0v) is 12.6. The summed E-state index contributed by atoms with van der Waals surface area (Å²) < 4.78 is 13.8. The summed E-state index contributed by atoms with van der Waals surface area (Å²) in [6.07, 6.45) is 1.68. The van der Waals surface area contributed by atoms with Crippen LogP contribution in [0.3, 0.4) is 0 Å². The van der Waals surface area contributed by atoms with E-state index in [-0.39, 0.29) is 11.9 Å². The second kappa shape index (κ2) is 4.08. The van der Waals surface area contributed by atoms with Crippen LogP contribution in [-0.4, -0.2) is 40.6 Å². The van der Waals surface area contributed by atoms with Crippen molar-refractivity contribution in [3.63, 3.8) is 0 Å². The molecule has 1 aromatic rings. The fourth-order valence-corrected chi connectivity index (χ4v) is 2.50. The van der Waals surface area contributed by atoms with Gasteiger partial charge >= 0.3 is 7.12 Å². The number of hydrogen-bond acceptors (Lipinski definition) is 4. The highest BCUT2D eigenvalue weighted by molar-refractivity contribution is 6.63. The maximum absolute atomic E-state index is 12.1. The van der Waals surface area contributed by atoms with Crippen LogP contribution in [0.2, 0.25) is 0 Å². The van der Waals surface area contributed by atoms with Crippen LogP contribution in [0, 0.1) is 0 Å². The van der Waals surface area contributed by atoms with Gasteiger partial charge in [-0.05, 0) is 34.6 Å². The number of aromatic nitrogens is 2. The minimum Gasteiger partial charge on any atom is -0.399 e. The third-order valence-corrected chi connectivity index (χ3v) is 4.52. The van der Waals surface area contributed by atoms with E-state index in [1.165, 1.54) is 0 Å². The Balaban J connectivity index is 2.00. The van der Waals surface area contributed by atoms with E-state index in [1.807, 2.05) is 34.6 Å². The molecule has 0 spiro atoms. The molecule has 1 saturated heterocycles. The van der Waals surface area contributed by atoms with Crippen LogP contribution in [0.15, 0.2) is 6.20 Å². The maximum Gasteiger partial charge on any atom is 0.498 e. The molecule has 7 heteroatoms. The SMILES string of the molecule is CC1CNC(=O)c2c(B3OC(C)(C)C(C)(C)O3)cnn21. The maximum atomic E-state index is 12.1. The predicted octanol–water partition coefficient (Wildman–Crippen LogP) is 0.487. The van der Waals surface area contributed by atoms with Crippen LogP contribution in [0.1, 0.15) is 51.1 Å². The van der Waals surface area contributed by atoms with Gasteiger partial charge < -0.3 is 14.6 Å². The van der Waals surface area contributed by atoms with E-state index in [2.05, 4.69) is 10.4 Å². The Morgan fingerprint density at radius 2 is 1.95 bits per heavy atom. The molecule has 1 N–H and O–H groups in total. The van der Waals surface area contributed by atoms with Gasteiger partial charge in [-0.15, -0.1) is 0 Å². The lowest BCUT2D eigenvalue weighted by atomic mass is 9.78. The van der Waals surface area contributed by atoms with Crippen molar-refractivity contribution in [1.29, 1.82) is 0 Å². The van der Waals surface area contributed by atoms with Crippen molar-refractivity contribution in [2.75, 3.05) is 6.54 Å². The second-order valence-electron chi connectivity index (χ2n) is 6.54. The molecule has 1 aromatic heterocycles. The number of rotatable bonds is 1. The number of carbonyl (C=O) groups is 1. The first-order chi connectivity index (χ1) is 9.23. The molecule has 3 rings (SSSR count). The molecule has 0 aliphatic carbocycles. The molecule has 0 bridgehead atoms. The number of carbonyl (C=O) groups excluding carboxylic acids is 1. The molecule has 1 atom stereocenters. The first-order valence-corrected chi connectivity index (χ1v) is 6.94. The minimum absolute atomic E-state index is 0.120. The lowest BCUT2D eigenvalue weighted by Crippen LogP contribution is -2.45. The van der Waals surface area contributed by atoms with Gasteiger partial charge in [0.1, 0.15) is 5.69 Å². The fourth-order valence-electron chi connectivity index (χ4n) is 2.50. The summed E-state index contributed by atoms with van der Waals surface area (Å²) in [5, 5.41) is 7.19. The quantitative estimate of drug-likeness (QED) is 0.759. The topological polar surface area (TPSA) is 65.4 Å². The van der Waals surface area contributed by atoms with Crippen LogP contribution in [0.5, 0.6) is 0 Å². The van der Waals surface area contributed by atoms with Gasteiger partial charge in [0.2, 0.25) is 0 Å². The minimum atomic E-state index is -0.556. The monoisotopic (exact) mass is 277 g/mol. The number of nitrogens with zero attached hydrogens (tertiary/aromatic N) is 2. The molecule has 0 aromatic carbocycles. The van der Waals surface area contributed by atoms with Crippen molar-refractivity contribution in [1.82, 2.24) is 15.1 Å². The Kier molecular flexibility index (Phi) is 2.78. The summed E-state index contributed by atoms with van der Waals surface area (Å²) in [6, 6.07) is 0.138. The highest BCUT2D eigenvalue weighted by Crippen LogP contribution is 2.36. The molecule has 1 amide bonds. The van der Waals surface area contributed by atoms with Gasteiger partial charge in [-0.2, -0.15) is 5.10 Å². The molecule has 108 valence electrons. The number of amides is 1. The van der Waals surface area contributed by atoms with Gasteiger partial charge in [0.05, 0.1) is 17.2 Å². The van der Waals surface area contributed by atoms with E-state index in [4.69, 9.17) is 9.31 Å². The molecule has 2 aliphatic rings. The van der Waals surface area contributed by atoms with E-state index < -0.39 is 18.3 Å². The van der Waals surface area contributed by atoms with Crippen LogP contribution in [-0.2, 0) is 9.31 Å². The van der Waals surface area contributed by atoms with Gasteiger partial charge in [-0.3, -0.25) is 9.48 Å². The molecule has 20 heavy (non-hydrogen) atoms. The molecule has 0 radical (unpaired) electrons. The van der Waals surface area contributed by atoms with Crippen LogP contribution >= 0.6 is 0 Å². The molecule has 6 nitrogen and oxygen atoms in total. The smallest absolute Gasteiger partial charge is 0.399 e. The summed E-state index contributed by atoms with van der Waals surface area (Å²) in [4.78, 5) is 12.1. The molecule has 1 fully saturated rings. The van der Waals surface area contributed by atoms with E-state index in [0.717, 1.165) is 0 Å². The van der Waals surface area contributed by atoms with Crippen LogP contribution in [0.25, 0.3) is 0 Å². The molecule has 3 heterocycles. The standard InChI is InChI=1S/C13H20BN3O3/c1-8-6-15-11(18)10-9(7-16-17(8)10)14-19-12(2,3)13(4,5)20-14/h7-8H,6H2,1-5H3,(H,15,18). The molecular weight excluding hydrogens is 257 g/mol. The summed E-state index contributed by atoms with van der Waals surface area (Å²) in [6.45, 7) is 10.6. The highest BCUT2D eigenvalue weighted by Gasteiger charge is 2.53.